The minimum absolute atomic E-state index is 0.0198. The summed E-state index contributed by atoms with van der Waals surface area (Å²) in [5.74, 6) is 3.01. The Morgan fingerprint density at radius 2 is 1.35 bits per heavy atom. The number of hydrogen-bond donors (Lipinski definition) is 2. The van der Waals surface area contributed by atoms with Crippen molar-refractivity contribution < 1.29 is 38.0 Å². The van der Waals surface area contributed by atoms with Crippen LogP contribution in [0.3, 0.4) is 0 Å². The van der Waals surface area contributed by atoms with Crippen LogP contribution in [0.15, 0.2) is 58.5 Å². The molecule has 0 bridgehead atoms. The van der Waals surface area contributed by atoms with Gasteiger partial charge in [0.25, 0.3) is 5.56 Å². The van der Waals surface area contributed by atoms with Crippen LogP contribution < -0.4 is 44.6 Å². The third-order valence-electron chi connectivity index (χ3n) is 7.68. The van der Waals surface area contributed by atoms with E-state index >= 15 is 0 Å². The molecule has 48 heavy (non-hydrogen) atoms. The molecule has 5 rings (SSSR count). The van der Waals surface area contributed by atoms with E-state index in [1.807, 2.05) is 36.4 Å². The molecule has 1 aliphatic rings. The van der Waals surface area contributed by atoms with Crippen molar-refractivity contribution >= 4 is 34.5 Å². The standard InChI is InChI=1S/C34H38N4O9S/c1-42-25-7-5-21(15-27(25)44-3)9-12-35-31(39)11-14-38-33(41)23-17-29-30(47-20-46-29)18-24(23)37-34(38)48-19-32(40)36-13-10-22-6-8-26(43-2)28(16-22)45-4/h5-8,15-18H,9-14,19-20H2,1-4H3,(H,35,39)(H,36,40). The Morgan fingerprint density at radius 1 is 0.792 bits per heavy atom. The summed E-state index contributed by atoms with van der Waals surface area (Å²) in [6.07, 6.45) is 1.21. The van der Waals surface area contributed by atoms with E-state index in [1.54, 1.807) is 40.6 Å². The predicted molar refractivity (Wildman–Crippen MR) is 180 cm³/mol. The van der Waals surface area contributed by atoms with Crippen LogP contribution in [0.5, 0.6) is 34.5 Å². The highest BCUT2D eigenvalue weighted by Gasteiger charge is 2.20. The molecule has 3 aromatic carbocycles. The largest absolute Gasteiger partial charge is 0.493 e. The van der Waals surface area contributed by atoms with Gasteiger partial charge in [-0.05, 0) is 54.3 Å². The molecule has 0 unspecified atom stereocenters. The summed E-state index contributed by atoms with van der Waals surface area (Å²) in [4.78, 5) is 44.0. The van der Waals surface area contributed by atoms with Gasteiger partial charge < -0.3 is 39.1 Å². The summed E-state index contributed by atoms with van der Waals surface area (Å²) in [5.41, 5.74) is 2.03. The number of carbonyl (C=O) groups is 2. The lowest BCUT2D eigenvalue weighted by Crippen LogP contribution is -2.31. The van der Waals surface area contributed by atoms with Crippen LogP contribution in [0.1, 0.15) is 17.5 Å². The minimum atomic E-state index is -0.340. The van der Waals surface area contributed by atoms with E-state index in [2.05, 4.69) is 15.6 Å². The third kappa shape index (κ3) is 8.23. The van der Waals surface area contributed by atoms with Crippen molar-refractivity contribution in [3.8, 4) is 34.5 Å². The first-order valence-electron chi connectivity index (χ1n) is 15.3. The maximum atomic E-state index is 13.7. The summed E-state index contributed by atoms with van der Waals surface area (Å²) < 4.78 is 33.6. The highest BCUT2D eigenvalue weighted by molar-refractivity contribution is 7.99. The molecular weight excluding hydrogens is 640 g/mol. The van der Waals surface area contributed by atoms with Crippen molar-refractivity contribution in [3.05, 3.63) is 70.0 Å². The average molecular weight is 679 g/mol. The van der Waals surface area contributed by atoms with Gasteiger partial charge in [-0.1, -0.05) is 23.9 Å². The fraction of sp³-hybridized carbons (Fsp3) is 0.353. The molecule has 2 heterocycles. The highest BCUT2D eigenvalue weighted by Crippen LogP contribution is 2.35. The number of methoxy groups -OCH3 is 4. The van der Waals surface area contributed by atoms with Crippen LogP contribution in [0.25, 0.3) is 10.9 Å². The van der Waals surface area contributed by atoms with Crippen LogP contribution in [0.2, 0.25) is 0 Å². The zero-order valence-corrected chi connectivity index (χ0v) is 28.1. The molecule has 0 aliphatic carbocycles. The molecule has 0 saturated heterocycles. The summed E-state index contributed by atoms with van der Waals surface area (Å²) in [7, 11) is 6.29. The smallest absolute Gasteiger partial charge is 0.262 e. The van der Waals surface area contributed by atoms with Gasteiger partial charge in [-0.2, -0.15) is 0 Å². The second-order valence-corrected chi connectivity index (χ2v) is 11.6. The molecule has 13 nitrogen and oxygen atoms in total. The number of aromatic nitrogens is 2. The Balaban J connectivity index is 1.22. The van der Waals surface area contributed by atoms with Crippen LogP contribution in [-0.4, -0.2) is 75.4 Å². The van der Waals surface area contributed by atoms with Gasteiger partial charge in [0.05, 0.1) is 45.1 Å². The number of fused-ring (bicyclic) bond motifs is 2. The first kappa shape index (κ1) is 34.2. The zero-order chi connectivity index (χ0) is 34.0. The number of nitrogens with zero attached hydrogens (tertiary/aromatic N) is 2. The van der Waals surface area contributed by atoms with Gasteiger partial charge in [0.2, 0.25) is 18.6 Å². The molecule has 1 aliphatic heterocycles. The molecule has 1 aromatic heterocycles. The number of rotatable bonds is 16. The van der Waals surface area contributed by atoms with Crippen molar-refractivity contribution in [3.63, 3.8) is 0 Å². The number of nitrogens with one attached hydrogen (secondary N) is 2. The SMILES string of the molecule is COc1ccc(CCNC(=O)CCn2c(SCC(=O)NCCc3ccc(OC)c(OC)c3)nc3cc4c(cc3c2=O)OCO4)cc1OC. The second kappa shape index (κ2) is 16.1. The molecule has 4 aromatic rings. The van der Waals surface area contributed by atoms with Gasteiger partial charge in [-0.25, -0.2) is 4.98 Å². The second-order valence-electron chi connectivity index (χ2n) is 10.7. The first-order chi connectivity index (χ1) is 23.3. The summed E-state index contributed by atoms with van der Waals surface area (Å²) in [5, 5.41) is 6.47. The first-order valence-corrected chi connectivity index (χ1v) is 16.2. The topological polar surface area (TPSA) is 148 Å². The van der Waals surface area contributed by atoms with Crippen molar-refractivity contribution in [1.82, 2.24) is 20.2 Å². The molecule has 2 amide bonds. The monoisotopic (exact) mass is 678 g/mol. The van der Waals surface area contributed by atoms with E-state index in [0.717, 1.165) is 22.9 Å². The Bertz CT molecular complexity index is 1850. The van der Waals surface area contributed by atoms with Crippen molar-refractivity contribution in [2.75, 3.05) is 54.1 Å². The normalized spacial score (nSPS) is 11.7. The molecule has 0 atom stereocenters. The molecular formula is C34H38N4O9S. The van der Waals surface area contributed by atoms with E-state index in [1.165, 1.54) is 4.57 Å². The zero-order valence-electron chi connectivity index (χ0n) is 27.3. The predicted octanol–water partition coefficient (Wildman–Crippen LogP) is 3.36. The number of benzene rings is 3. The molecule has 254 valence electrons. The molecule has 2 N–H and O–H groups in total. The molecule has 0 spiro atoms. The van der Waals surface area contributed by atoms with E-state index in [9.17, 15) is 14.4 Å². The Labute approximate surface area is 281 Å². The van der Waals surface area contributed by atoms with Gasteiger partial charge in [-0.3, -0.25) is 19.0 Å². The van der Waals surface area contributed by atoms with Crippen LogP contribution in [-0.2, 0) is 29.0 Å². The number of ether oxygens (including phenoxy) is 6. The van der Waals surface area contributed by atoms with Crippen molar-refractivity contribution in [2.24, 2.45) is 0 Å². The van der Waals surface area contributed by atoms with Crippen molar-refractivity contribution in [2.45, 2.75) is 31.0 Å². The Morgan fingerprint density at radius 3 is 1.94 bits per heavy atom. The quantitative estimate of drug-likeness (QED) is 0.133. The third-order valence-corrected chi connectivity index (χ3v) is 8.65. The average Bonchev–Trinajstić information content (AvgIpc) is 3.57. The molecule has 0 fully saturated rings. The number of carbonyl (C=O) groups excluding carboxylic acids is 2. The minimum Gasteiger partial charge on any atom is -0.493 e. The fourth-order valence-electron chi connectivity index (χ4n) is 5.15. The lowest BCUT2D eigenvalue weighted by atomic mass is 10.1. The Kier molecular flexibility index (Phi) is 11.5. The number of thioether (sulfide) groups is 1. The van der Waals surface area contributed by atoms with E-state index in [0.29, 0.717) is 76.5 Å². The van der Waals surface area contributed by atoms with Gasteiger partial charge in [0, 0.05) is 32.1 Å². The van der Waals surface area contributed by atoms with E-state index in [-0.39, 0.29) is 42.9 Å². The summed E-state index contributed by atoms with van der Waals surface area (Å²) >= 11 is 1.13. The molecule has 14 heteroatoms. The van der Waals surface area contributed by atoms with Crippen LogP contribution in [0.4, 0.5) is 0 Å². The number of amides is 2. The summed E-state index contributed by atoms with van der Waals surface area (Å²) in [6, 6.07) is 14.5. The molecule has 0 radical (unpaired) electrons. The number of hydrogen-bond acceptors (Lipinski definition) is 11. The lowest BCUT2D eigenvalue weighted by Gasteiger charge is -2.14. The lowest BCUT2D eigenvalue weighted by molar-refractivity contribution is -0.121. The van der Waals surface area contributed by atoms with Gasteiger partial charge >= 0.3 is 0 Å². The maximum Gasteiger partial charge on any atom is 0.262 e. The maximum absolute atomic E-state index is 13.7. The van der Waals surface area contributed by atoms with E-state index in [4.69, 9.17) is 28.4 Å². The van der Waals surface area contributed by atoms with E-state index < -0.39 is 0 Å². The Hall–Kier alpha value is -5.11. The van der Waals surface area contributed by atoms with Gasteiger partial charge in [0.15, 0.2) is 39.7 Å². The van der Waals surface area contributed by atoms with Gasteiger partial charge in [-0.15, -0.1) is 0 Å². The summed E-state index contributed by atoms with van der Waals surface area (Å²) in [6.45, 7) is 0.920. The fourth-order valence-corrected chi connectivity index (χ4v) is 6.00. The molecule has 0 saturated carbocycles. The van der Waals surface area contributed by atoms with Gasteiger partial charge in [0.1, 0.15) is 0 Å². The van der Waals surface area contributed by atoms with Crippen LogP contribution >= 0.6 is 11.8 Å². The van der Waals surface area contributed by atoms with Crippen LogP contribution in [0, 0.1) is 0 Å². The van der Waals surface area contributed by atoms with Crippen molar-refractivity contribution in [1.29, 1.82) is 0 Å². The highest BCUT2D eigenvalue weighted by atomic mass is 32.2.